The first-order chi connectivity index (χ1) is 4.26. The van der Waals surface area contributed by atoms with Crippen LogP contribution in [0.2, 0.25) is 0 Å². The van der Waals surface area contributed by atoms with Gasteiger partial charge < -0.3 is 5.41 Å². The SMILES string of the molecule is CCC(C)C(C=N)CF. The molecule has 0 aromatic rings. The molecule has 0 saturated heterocycles. The van der Waals surface area contributed by atoms with Crippen LogP contribution in [0.5, 0.6) is 0 Å². The zero-order chi connectivity index (χ0) is 7.28. The summed E-state index contributed by atoms with van der Waals surface area (Å²) < 4.78 is 11.9. The third-order valence-electron chi connectivity index (χ3n) is 1.77. The van der Waals surface area contributed by atoms with Gasteiger partial charge in [0.15, 0.2) is 0 Å². The van der Waals surface area contributed by atoms with Crippen LogP contribution in [0.25, 0.3) is 0 Å². The average Bonchev–Trinajstić information content (AvgIpc) is 1.90. The molecule has 2 atom stereocenters. The monoisotopic (exact) mass is 131 g/mol. The van der Waals surface area contributed by atoms with Gasteiger partial charge in [0.25, 0.3) is 0 Å². The minimum Gasteiger partial charge on any atom is -0.313 e. The molecule has 0 rings (SSSR count). The lowest BCUT2D eigenvalue weighted by Gasteiger charge is -2.13. The van der Waals surface area contributed by atoms with Crippen molar-refractivity contribution in [1.82, 2.24) is 0 Å². The molecule has 0 aliphatic rings. The van der Waals surface area contributed by atoms with Gasteiger partial charge in [-0.25, -0.2) is 0 Å². The van der Waals surface area contributed by atoms with E-state index >= 15 is 0 Å². The summed E-state index contributed by atoms with van der Waals surface area (Å²) >= 11 is 0. The number of alkyl halides is 1. The van der Waals surface area contributed by atoms with Gasteiger partial charge in [-0.2, -0.15) is 0 Å². The van der Waals surface area contributed by atoms with Gasteiger partial charge in [-0.3, -0.25) is 4.39 Å². The van der Waals surface area contributed by atoms with Crippen LogP contribution in [-0.4, -0.2) is 12.9 Å². The van der Waals surface area contributed by atoms with Gasteiger partial charge in [-0.05, 0) is 5.92 Å². The quantitative estimate of drug-likeness (QED) is 0.566. The molecule has 2 heteroatoms. The molecule has 0 saturated carbocycles. The van der Waals surface area contributed by atoms with Crippen LogP contribution in [0, 0.1) is 17.2 Å². The molecule has 0 aromatic carbocycles. The molecule has 2 unspecified atom stereocenters. The van der Waals surface area contributed by atoms with E-state index in [-0.39, 0.29) is 5.92 Å². The van der Waals surface area contributed by atoms with Crippen LogP contribution in [-0.2, 0) is 0 Å². The molecule has 0 aromatic heterocycles. The lowest BCUT2D eigenvalue weighted by Crippen LogP contribution is -2.13. The fourth-order valence-corrected chi connectivity index (χ4v) is 0.664. The molecule has 0 fully saturated rings. The maximum Gasteiger partial charge on any atom is 0.0974 e. The average molecular weight is 131 g/mol. The van der Waals surface area contributed by atoms with E-state index < -0.39 is 6.67 Å². The fourth-order valence-electron chi connectivity index (χ4n) is 0.664. The van der Waals surface area contributed by atoms with E-state index in [1.54, 1.807) is 0 Å². The van der Waals surface area contributed by atoms with E-state index in [0.29, 0.717) is 5.92 Å². The van der Waals surface area contributed by atoms with Crippen molar-refractivity contribution in [3.05, 3.63) is 0 Å². The van der Waals surface area contributed by atoms with Gasteiger partial charge in [0.2, 0.25) is 0 Å². The minimum absolute atomic E-state index is 0.157. The molecule has 0 spiro atoms. The lowest BCUT2D eigenvalue weighted by molar-refractivity contribution is 0.341. The molecule has 1 N–H and O–H groups in total. The van der Waals surface area contributed by atoms with Crippen LogP contribution in [0.1, 0.15) is 20.3 Å². The van der Waals surface area contributed by atoms with E-state index in [1.807, 2.05) is 13.8 Å². The molecule has 0 aliphatic heterocycles. The largest absolute Gasteiger partial charge is 0.313 e. The highest BCUT2D eigenvalue weighted by Crippen LogP contribution is 2.12. The number of hydrogen-bond donors (Lipinski definition) is 1. The Hall–Kier alpha value is -0.400. The Morgan fingerprint density at radius 3 is 2.33 bits per heavy atom. The Kier molecular flexibility index (Phi) is 4.28. The summed E-state index contributed by atoms with van der Waals surface area (Å²) in [5.74, 6) is 0.155. The van der Waals surface area contributed by atoms with Gasteiger partial charge in [-0.1, -0.05) is 20.3 Å². The summed E-state index contributed by atoms with van der Waals surface area (Å²) in [6, 6.07) is 0. The van der Waals surface area contributed by atoms with Crippen LogP contribution in [0.15, 0.2) is 0 Å². The topological polar surface area (TPSA) is 23.9 Å². The van der Waals surface area contributed by atoms with Crippen LogP contribution >= 0.6 is 0 Å². The Morgan fingerprint density at radius 2 is 2.22 bits per heavy atom. The molecule has 0 heterocycles. The van der Waals surface area contributed by atoms with Crippen molar-refractivity contribution in [2.75, 3.05) is 6.67 Å². The molecule has 0 radical (unpaired) electrons. The van der Waals surface area contributed by atoms with Crippen molar-refractivity contribution in [2.24, 2.45) is 11.8 Å². The highest BCUT2D eigenvalue weighted by Gasteiger charge is 2.11. The second kappa shape index (κ2) is 4.48. The molecule has 9 heavy (non-hydrogen) atoms. The molecule has 0 amide bonds. The zero-order valence-electron chi connectivity index (χ0n) is 6.02. The third-order valence-corrected chi connectivity index (χ3v) is 1.77. The number of rotatable bonds is 4. The third kappa shape index (κ3) is 2.59. The molecule has 0 aliphatic carbocycles. The molecular formula is C7H14FN. The summed E-state index contributed by atoms with van der Waals surface area (Å²) in [5, 5.41) is 6.83. The van der Waals surface area contributed by atoms with Gasteiger partial charge in [0.05, 0.1) is 6.67 Å². The Morgan fingerprint density at radius 1 is 1.67 bits per heavy atom. The summed E-state index contributed by atoms with van der Waals surface area (Å²) in [6.45, 7) is 3.59. The summed E-state index contributed by atoms with van der Waals surface area (Å²) in [5.41, 5.74) is 0. The van der Waals surface area contributed by atoms with E-state index in [2.05, 4.69) is 0 Å². The fraction of sp³-hybridized carbons (Fsp3) is 0.857. The predicted molar refractivity (Wildman–Crippen MR) is 37.7 cm³/mol. The minimum atomic E-state index is -0.390. The summed E-state index contributed by atoms with van der Waals surface area (Å²) in [6.07, 6.45) is 2.15. The van der Waals surface area contributed by atoms with Crippen molar-refractivity contribution >= 4 is 6.21 Å². The van der Waals surface area contributed by atoms with E-state index in [4.69, 9.17) is 5.41 Å². The number of nitrogens with one attached hydrogen (secondary N) is 1. The second-order valence-electron chi connectivity index (χ2n) is 2.37. The van der Waals surface area contributed by atoms with Gasteiger partial charge in [0, 0.05) is 12.1 Å². The molecule has 1 nitrogen and oxygen atoms in total. The van der Waals surface area contributed by atoms with Crippen molar-refractivity contribution < 1.29 is 4.39 Å². The van der Waals surface area contributed by atoms with E-state index in [9.17, 15) is 4.39 Å². The van der Waals surface area contributed by atoms with Crippen molar-refractivity contribution in [3.8, 4) is 0 Å². The maximum absolute atomic E-state index is 11.9. The smallest absolute Gasteiger partial charge is 0.0974 e. The van der Waals surface area contributed by atoms with Crippen LogP contribution < -0.4 is 0 Å². The van der Waals surface area contributed by atoms with Crippen LogP contribution in [0.3, 0.4) is 0 Å². The van der Waals surface area contributed by atoms with Crippen molar-refractivity contribution in [1.29, 1.82) is 5.41 Å². The Bertz CT molecular complexity index is 83.0. The first kappa shape index (κ1) is 8.60. The summed E-state index contributed by atoms with van der Waals surface area (Å²) in [7, 11) is 0. The highest BCUT2D eigenvalue weighted by molar-refractivity contribution is 5.57. The zero-order valence-corrected chi connectivity index (χ0v) is 6.02. The lowest BCUT2D eigenvalue weighted by atomic mass is 9.94. The first-order valence-electron chi connectivity index (χ1n) is 3.32. The van der Waals surface area contributed by atoms with E-state index in [1.165, 1.54) is 6.21 Å². The first-order valence-corrected chi connectivity index (χ1v) is 3.32. The van der Waals surface area contributed by atoms with Crippen molar-refractivity contribution in [2.45, 2.75) is 20.3 Å². The van der Waals surface area contributed by atoms with Crippen molar-refractivity contribution in [3.63, 3.8) is 0 Å². The van der Waals surface area contributed by atoms with Crippen LogP contribution in [0.4, 0.5) is 4.39 Å². The van der Waals surface area contributed by atoms with Gasteiger partial charge >= 0.3 is 0 Å². The highest BCUT2D eigenvalue weighted by atomic mass is 19.1. The summed E-state index contributed by atoms with van der Waals surface area (Å²) in [4.78, 5) is 0. The maximum atomic E-state index is 11.9. The standard InChI is InChI=1S/C7H14FN/c1-3-6(2)7(4-8)5-9/h5-7,9H,3-4H2,1-2H3. The van der Waals surface area contributed by atoms with Gasteiger partial charge in [0.1, 0.15) is 0 Å². The predicted octanol–water partition coefficient (Wildman–Crippen LogP) is 2.27. The molecule has 54 valence electrons. The van der Waals surface area contributed by atoms with Gasteiger partial charge in [-0.15, -0.1) is 0 Å². The number of halogens is 1. The van der Waals surface area contributed by atoms with E-state index in [0.717, 1.165) is 6.42 Å². The number of hydrogen-bond acceptors (Lipinski definition) is 1. The Labute approximate surface area is 55.8 Å². The second-order valence-corrected chi connectivity index (χ2v) is 2.37. The Balaban J connectivity index is 3.63. The normalized spacial score (nSPS) is 16.8. The molecular weight excluding hydrogens is 117 g/mol. The molecule has 0 bridgehead atoms.